The predicted octanol–water partition coefficient (Wildman–Crippen LogP) is 3.64. The van der Waals surface area contributed by atoms with Gasteiger partial charge in [-0.25, -0.2) is 0 Å². The molecule has 1 N–H and O–H groups in total. The highest BCUT2D eigenvalue weighted by atomic mass is 16.2. The molecule has 2 aliphatic rings. The van der Waals surface area contributed by atoms with Gasteiger partial charge in [-0.05, 0) is 55.5 Å². The van der Waals surface area contributed by atoms with Gasteiger partial charge in [0.2, 0.25) is 17.7 Å². The number of likely N-dealkylation sites (tertiary alicyclic amines) is 1. The minimum absolute atomic E-state index is 0.0461. The van der Waals surface area contributed by atoms with Gasteiger partial charge < -0.3 is 15.1 Å². The normalized spacial score (nSPS) is 18.2. The van der Waals surface area contributed by atoms with Gasteiger partial charge in [-0.15, -0.1) is 0 Å². The van der Waals surface area contributed by atoms with Crippen LogP contribution in [0.2, 0.25) is 0 Å². The summed E-state index contributed by atoms with van der Waals surface area (Å²) in [6.07, 6.45) is 2.64. The van der Waals surface area contributed by atoms with Gasteiger partial charge in [0.05, 0.1) is 5.41 Å². The molecule has 2 saturated heterocycles. The SMILES string of the molecule is CC(=O)N1CCC(C(=O)Nc2ccc(N3CCCC3=O)c(C)c2)(c2ccccc2)CC1. The number of amides is 3. The zero-order chi connectivity index (χ0) is 22.0. The molecule has 0 bridgehead atoms. The summed E-state index contributed by atoms with van der Waals surface area (Å²) < 4.78 is 0. The molecule has 2 aromatic rings. The molecule has 6 nitrogen and oxygen atoms in total. The van der Waals surface area contributed by atoms with E-state index >= 15 is 0 Å². The minimum atomic E-state index is -0.676. The smallest absolute Gasteiger partial charge is 0.235 e. The third kappa shape index (κ3) is 4.07. The first-order chi connectivity index (χ1) is 14.9. The monoisotopic (exact) mass is 419 g/mol. The maximum Gasteiger partial charge on any atom is 0.235 e. The van der Waals surface area contributed by atoms with Gasteiger partial charge in [-0.2, -0.15) is 0 Å². The van der Waals surface area contributed by atoms with Gasteiger partial charge in [0, 0.05) is 44.4 Å². The van der Waals surface area contributed by atoms with Crippen molar-refractivity contribution in [2.24, 2.45) is 0 Å². The second kappa shape index (κ2) is 8.53. The number of anilines is 2. The number of benzene rings is 2. The van der Waals surface area contributed by atoms with Crippen molar-refractivity contribution in [2.75, 3.05) is 29.9 Å². The van der Waals surface area contributed by atoms with E-state index < -0.39 is 5.41 Å². The molecule has 2 heterocycles. The third-order valence-electron chi connectivity index (χ3n) is 6.64. The third-order valence-corrected chi connectivity index (χ3v) is 6.64. The first kappa shape index (κ1) is 21.1. The second-order valence-electron chi connectivity index (χ2n) is 8.56. The fraction of sp³-hybridized carbons (Fsp3) is 0.400. The minimum Gasteiger partial charge on any atom is -0.343 e. The van der Waals surface area contributed by atoms with Gasteiger partial charge in [-0.1, -0.05) is 30.3 Å². The molecule has 0 radical (unpaired) electrons. The molecule has 0 saturated carbocycles. The summed E-state index contributed by atoms with van der Waals surface area (Å²) in [6.45, 7) is 5.41. The lowest BCUT2D eigenvalue weighted by Gasteiger charge is -2.40. The van der Waals surface area contributed by atoms with E-state index in [0.29, 0.717) is 32.4 Å². The Morgan fingerprint density at radius 2 is 1.71 bits per heavy atom. The predicted molar refractivity (Wildman–Crippen MR) is 121 cm³/mol. The van der Waals surface area contributed by atoms with Crippen LogP contribution in [0.5, 0.6) is 0 Å². The number of piperidine rings is 1. The van der Waals surface area contributed by atoms with Crippen LogP contribution >= 0.6 is 0 Å². The first-order valence-electron chi connectivity index (χ1n) is 10.9. The van der Waals surface area contributed by atoms with Crippen LogP contribution in [-0.2, 0) is 19.8 Å². The van der Waals surface area contributed by atoms with Crippen LogP contribution in [0.3, 0.4) is 0 Å². The number of nitrogens with one attached hydrogen (secondary N) is 1. The van der Waals surface area contributed by atoms with Crippen LogP contribution in [0.4, 0.5) is 11.4 Å². The lowest BCUT2D eigenvalue weighted by Crippen LogP contribution is -2.50. The largest absolute Gasteiger partial charge is 0.343 e. The van der Waals surface area contributed by atoms with Gasteiger partial charge in [0.15, 0.2) is 0 Å². The van der Waals surface area contributed by atoms with Crippen LogP contribution in [0.1, 0.15) is 43.7 Å². The van der Waals surface area contributed by atoms with Crippen molar-refractivity contribution < 1.29 is 14.4 Å². The lowest BCUT2D eigenvalue weighted by atomic mass is 9.72. The fourth-order valence-corrected chi connectivity index (χ4v) is 4.80. The van der Waals surface area contributed by atoms with Gasteiger partial charge in [0.1, 0.15) is 0 Å². The number of hydrogen-bond donors (Lipinski definition) is 1. The van der Waals surface area contributed by atoms with E-state index in [1.807, 2.05) is 60.4 Å². The van der Waals surface area contributed by atoms with Gasteiger partial charge in [0.25, 0.3) is 0 Å². The van der Waals surface area contributed by atoms with Crippen molar-refractivity contribution in [1.82, 2.24) is 4.90 Å². The Balaban J connectivity index is 1.58. The highest BCUT2D eigenvalue weighted by Crippen LogP contribution is 2.37. The Labute approximate surface area is 183 Å². The van der Waals surface area contributed by atoms with Crippen LogP contribution in [0, 0.1) is 6.92 Å². The van der Waals surface area contributed by atoms with E-state index in [2.05, 4.69) is 5.32 Å². The fourth-order valence-electron chi connectivity index (χ4n) is 4.80. The number of carbonyl (C=O) groups is 3. The van der Waals surface area contributed by atoms with Crippen molar-refractivity contribution in [2.45, 2.75) is 44.9 Å². The van der Waals surface area contributed by atoms with E-state index in [4.69, 9.17) is 0 Å². The summed E-state index contributed by atoms with van der Waals surface area (Å²) in [5, 5.41) is 3.12. The second-order valence-corrected chi connectivity index (χ2v) is 8.56. The molecule has 6 heteroatoms. The molecule has 2 aliphatic heterocycles. The van der Waals surface area contributed by atoms with E-state index in [9.17, 15) is 14.4 Å². The number of hydrogen-bond acceptors (Lipinski definition) is 3. The van der Waals surface area contributed by atoms with E-state index in [-0.39, 0.29) is 17.7 Å². The van der Waals surface area contributed by atoms with E-state index in [1.54, 1.807) is 11.8 Å². The van der Waals surface area contributed by atoms with Crippen LogP contribution in [0.15, 0.2) is 48.5 Å². The number of rotatable bonds is 4. The zero-order valence-electron chi connectivity index (χ0n) is 18.2. The summed E-state index contributed by atoms with van der Waals surface area (Å²) in [4.78, 5) is 41.1. The summed E-state index contributed by atoms with van der Waals surface area (Å²) in [5.74, 6) is 0.149. The zero-order valence-corrected chi connectivity index (χ0v) is 18.2. The Morgan fingerprint density at radius 1 is 1.00 bits per heavy atom. The standard InChI is InChI=1S/C25H29N3O3/c1-18-17-21(10-11-22(18)28-14-6-9-23(28)30)26-24(31)25(20-7-4-3-5-8-20)12-15-27(16-13-25)19(2)29/h3-5,7-8,10-11,17H,6,9,12-16H2,1-2H3,(H,26,31). The van der Waals surface area contributed by atoms with Crippen molar-refractivity contribution in [3.63, 3.8) is 0 Å². The molecule has 2 fully saturated rings. The Kier molecular flexibility index (Phi) is 5.81. The van der Waals surface area contributed by atoms with E-state index in [0.717, 1.165) is 35.5 Å². The maximum atomic E-state index is 13.6. The Morgan fingerprint density at radius 3 is 2.29 bits per heavy atom. The molecule has 3 amide bonds. The van der Waals surface area contributed by atoms with Gasteiger partial charge >= 0.3 is 0 Å². The Hall–Kier alpha value is -3.15. The molecule has 0 aromatic heterocycles. The van der Waals surface area contributed by atoms with Crippen LogP contribution in [-0.4, -0.2) is 42.3 Å². The molecule has 31 heavy (non-hydrogen) atoms. The summed E-state index contributed by atoms with van der Waals surface area (Å²) in [7, 11) is 0. The molecule has 0 unspecified atom stereocenters. The van der Waals surface area contributed by atoms with Crippen molar-refractivity contribution in [3.8, 4) is 0 Å². The summed E-state index contributed by atoms with van der Waals surface area (Å²) in [6, 6.07) is 15.6. The number of aryl methyl sites for hydroxylation is 1. The Bertz CT molecular complexity index is 994. The van der Waals surface area contributed by atoms with Crippen molar-refractivity contribution >= 4 is 29.1 Å². The number of nitrogens with zero attached hydrogens (tertiary/aromatic N) is 2. The topological polar surface area (TPSA) is 69.7 Å². The van der Waals surface area contributed by atoms with Crippen LogP contribution < -0.4 is 10.2 Å². The van der Waals surface area contributed by atoms with Crippen molar-refractivity contribution in [3.05, 3.63) is 59.7 Å². The highest BCUT2D eigenvalue weighted by Gasteiger charge is 2.43. The highest BCUT2D eigenvalue weighted by molar-refractivity contribution is 6.00. The van der Waals surface area contributed by atoms with Gasteiger partial charge in [-0.3, -0.25) is 14.4 Å². The average molecular weight is 420 g/mol. The molecule has 2 aromatic carbocycles. The van der Waals surface area contributed by atoms with E-state index in [1.165, 1.54) is 0 Å². The maximum absolute atomic E-state index is 13.6. The molecule has 4 rings (SSSR count). The van der Waals surface area contributed by atoms with Crippen molar-refractivity contribution in [1.29, 1.82) is 0 Å². The first-order valence-corrected chi connectivity index (χ1v) is 10.9. The van der Waals surface area contributed by atoms with Crippen LogP contribution in [0.25, 0.3) is 0 Å². The summed E-state index contributed by atoms with van der Waals surface area (Å²) in [5.41, 5.74) is 2.90. The summed E-state index contributed by atoms with van der Waals surface area (Å²) >= 11 is 0. The molecule has 162 valence electrons. The quantitative estimate of drug-likeness (QED) is 0.823. The lowest BCUT2D eigenvalue weighted by molar-refractivity contribution is -0.133. The average Bonchev–Trinajstić information content (AvgIpc) is 3.20. The number of carbonyl (C=O) groups excluding carboxylic acids is 3. The molecular formula is C25H29N3O3. The molecule has 0 spiro atoms. The molecular weight excluding hydrogens is 390 g/mol. The molecule has 0 atom stereocenters. The molecule has 0 aliphatic carbocycles.